The predicted octanol–water partition coefficient (Wildman–Crippen LogP) is 3.44. The number of hydrogen-bond acceptors (Lipinski definition) is 3. The van der Waals surface area contributed by atoms with Crippen molar-refractivity contribution in [2.45, 2.75) is 0 Å². The first kappa shape index (κ1) is 15.3. The molecule has 0 N–H and O–H groups in total. The average molecular weight is 294 g/mol. The summed E-state index contributed by atoms with van der Waals surface area (Å²) in [4.78, 5) is 0. The lowest BCUT2D eigenvalue weighted by molar-refractivity contribution is 0.0753. The second kappa shape index (κ2) is 8.21. The van der Waals surface area contributed by atoms with Crippen LogP contribution in [0.3, 0.4) is 0 Å². The molecule has 0 fully saturated rings. The van der Waals surface area contributed by atoms with Gasteiger partial charge in [0.25, 0.3) is 0 Å². The van der Waals surface area contributed by atoms with E-state index >= 15 is 0 Å². The van der Waals surface area contributed by atoms with Gasteiger partial charge in [-0.15, -0.1) is 0 Å². The second-order valence-corrected chi connectivity index (χ2v) is 4.17. The standard InChI is InChI=1S/C16H16F2O3/c17-14-7-4-8-15(16(14)18)21-12-10-19-9-11-20-13-5-2-1-3-6-13/h1-8H,9-12H2. The number of benzene rings is 2. The van der Waals surface area contributed by atoms with Crippen LogP contribution in [-0.2, 0) is 4.74 Å². The molecule has 5 heteroatoms. The van der Waals surface area contributed by atoms with Gasteiger partial charge in [0.05, 0.1) is 13.2 Å². The summed E-state index contributed by atoms with van der Waals surface area (Å²) in [6.45, 7) is 1.22. The molecule has 0 saturated heterocycles. The molecule has 0 aliphatic heterocycles. The Labute approximate surface area is 122 Å². The van der Waals surface area contributed by atoms with Gasteiger partial charge in [-0.1, -0.05) is 24.3 Å². The van der Waals surface area contributed by atoms with Gasteiger partial charge in [-0.2, -0.15) is 4.39 Å². The van der Waals surface area contributed by atoms with Crippen molar-refractivity contribution in [2.24, 2.45) is 0 Å². The third-order valence-electron chi connectivity index (χ3n) is 2.64. The van der Waals surface area contributed by atoms with Gasteiger partial charge in [0.2, 0.25) is 5.82 Å². The molecule has 2 aromatic carbocycles. The smallest absolute Gasteiger partial charge is 0.200 e. The third kappa shape index (κ3) is 5.04. The minimum atomic E-state index is -0.982. The van der Waals surface area contributed by atoms with Crippen LogP contribution in [0.1, 0.15) is 0 Å². The highest BCUT2D eigenvalue weighted by Crippen LogP contribution is 2.18. The Balaban J connectivity index is 1.57. The quantitative estimate of drug-likeness (QED) is 0.698. The summed E-state index contributed by atoms with van der Waals surface area (Å²) < 4.78 is 42.0. The maximum absolute atomic E-state index is 13.3. The van der Waals surface area contributed by atoms with Crippen LogP contribution in [0.5, 0.6) is 11.5 Å². The van der Waals surface area contributed by atoms with E-state index < -0.39 is 11.6 Å². The highest BCUT2D eigenvalue weighted by molar-refractivity contribution is 5.25. The Morgan fingerprint density at radius 3 is 2.19 bits per heavy atom. The molecule has 2 aromatic rings. The van der Waals surface area contributed by atoms with E-state index in [-0.39, 0.29) is 19.0 Å². The summed E-state index contributed by atoms with van der Waals surface area (Å²) in [6, 6.07) is 13.2. The molecular weight excluding hydrogens is 278 g/mol. The van der Waals surface area contributed by atoms with Crippen molar-refractivity contribution in [3.8, 4) is 11.5 Å². The van der Waals surface area contributed by atoms with E-state index in [1.165, 1.54) is 12.1 Å². The van der Waals surface area contributed by atoms with Crippen LogP contribution in [0.15, 0.2) is 48.5 Å². The molecule has 3 nitrogen and oxygen atoms in total. The summed E-state index contributed by atoms with van der Waals surface area (Å²) in [5.74, 6) is -1.24. The van der Waals surface area contributed by atoms with Gasteiger partial charge in [0.1, 0.15) is 19.0 Å². The Hall–Kier alpha value is -2.14. The molecule has 0 atom stereocenters. The SMILES string of the molecule is Fc1cccc(OCCOCCOc2ccccc2)c1F. The molecule has 0 aromatic heterocycles. The summed E-state index contributed by atoms with van der Waals surface area (Å²) in [5.41, 5.74) is 0. The van der Waals surface area contributed by atoms with E-state index in [0.717, 1.165) is 11.8 Å². The molecule has 0 aliphatic carbocycles. The minimum Gasteiger partial charge on any atom is -0.491 e. The van der Waals surface area contributed by atoms with E-state index in [4.69, 9.17) is 14.2 Å². The van der Waals surface area contributed by atoms with E-state index in [1.54, 1.807) is 0 Å². The molecule has 21 heavy (non-hydrogen) atoms. The van der Waals surface area contributed by atoms with Crippen molar-refractivity contribution in [2.75, 3.05) is 26.4 Å². The Bertz CT molecular complexity index is 546. The number of ether oxygens (including phenoxy) is 3. The first-order chi connectivity index (χ1) is 10.3. The molecule has 0 spiro atoms. The fraction of sp³-hybridized carbons (Fsp3) is 0.250. The zero-order valence-electron chi connectivity index (χ0n) is 11.4. The molecular formula is C16H16F2O3. The Kier molecular flexibility index (Phi) is 5.97. The molecule has 2 rings (SSSR count). The number of rotatable bonds is 8. The molecule has 0 amide bonds. The summed E-state index contributed by atoms with van der Waals surface area (Å²) >= 11 is 0. The van der Waals surface area contributed by atoms with Crippen LogP contribution in [0.4, 0.5) is 8.78 Å². The fourth-order valence-electron chi connectivity index (χ4n) is 1.64. The summed E-state index contributed by atoms with van der Waals surface area (Å²) in [7, 11) is 0. The van der Waals surface area contributed by atoms with Crippen molar-refractivity contribution in [1.82, 2.24) is 0 Å². The fourth-order valence-corrected chi connectivity index (χ4v) is 1.64. The van der Waals surface area contributed by atoms with Crippen LogP contribution in [-0.4, -0.2) is 26.4 Å². The van der Waals surface area contributed by atoms with Crippen LogP contribution >= 0.6 is 0 Å². The van der Waals surface area contributed by atoms with E-state index in [0.29, 0.717) is 13.2 Å². The van der Waals surface area contributed by atoms with E-state index in [9.17, 15) is 8.78 Å². The van der Waals surface area contributed by atoms with Gasteiger partial charge < -0.3 is 14.2 Å². The zero-order chi connectivity index (χ0) is 14.9. The minimum absolute atomic E-state index is 0.112. The molecule has 0 aliphatic rings. The van der Waals surface area contributed by atoms with Gasteiger partial charge in [-0.3, -0.25) is 0 Å². The Morgan fingerprint density at radius 1 is 0.714 bits per heavy atom. The van der Waals surface area contributed by atoms with Crippen molar-refractivity contribution in [3.05, 3.63) is 60.2 Å². The topological polar surface area (TPSA) is 27.7 Å². The maximum atomic E-state index is 13.3. The molecule has 0 radical (unpaired) electrons. The predicted molar refractivity (Wildman–Crippen MR) is 74.6 cm³/mol. The first-order valence-electron chi connectivity index (χ1n) is 6.60. The number of hydrogen-bond donors (Lipinski definition) is 0. The monoisotopic (exact) mass is 294 g/mol. The molecule has 0 saturated carbocycles. The van der Waals surface area contributed by atoms with E-state index in [2.05, 4.69) is 0 Å². The molecule has 112 valence electrons. The first-order valence-corrected chi connectivity index (χ1v) is 6.60. The van der Waals surface area contributed by atoms with Gasteiger partial charge >= 0.3 is 0 Å². The van der Waals surface area contributed by atoms with Crippen molar-refractivity contribution in [1.29, 1.82) is 0 Å². The second-order valence-electron chi connectivity index (χ2n) is 4.17. The molecule has 0 bridgehead atoms. The van der Waals surface area contributed by atoms with Gasteiger partial charge in [-0.25, -0.2) is 4.39 Å². The normalized spacial score (nSPS) is 10.4. The van der Waals surface area contributed by atoms with Crippen molar-refractivity contribution in [3.63, 3.8) is 0 Å². The zero-order valence-corrected chi connectivity index (χ0v) is 11.4. The van der Waals surface area contributed by atoms with Crippen molar-refractivity contribution < 1.29 is 23.0 Å². The lowest BCUT2D eigenvalue weighted by Gasteiger charge is -2.09. The lowest BCUT2D eigenvalue weighted by atomic mass is 10.3. The molecule has 0 unspecified atom stereocenters. The maximum Gasteiger partial charge on any atom is 0.200 e. The van der Waals surface area contributed by atoms with E-state index in [1.807, 2.05) is 30.3 Å². The Morgan fingerprint density at radius 2 is 1.43 bits per heavy atom. The molecule has 0 heterocycles. The van der Waals surface area contributed by atoms with Gasteiger partial charge in [0.15, 0.2) is 11.6 Å². The van der Waals surface area contributed by atoms with Gasteiger partial charge in [-0.05, 0) is 24.3 Å². The number of para-hydroxylation sites is 1. The highest BCUT2D eigenvalue weighted by Gasteiger charge is 2.07. The van der Waals surface area contributed by atoms with Crippen LogP contribution in [0, 0.1) is 11.6 Å². The summed E-state index contributed by atoms with van der Waals surface area (Å²) in [6.07, 6.45) is 0. The largest absolute Gasteiger partial charge is 0.491 e. The van der Waals surface area contributed by atoms with Gasteiger partial charge in [0, 0.05) is 0 Å². The van der Waals surface area contributed by atoms with Crippen LogP contribution in [0.25, 0.3) is 0 Å². The third-order valence-corrected chi connectivity index (χ3v) is 2.64. The summed E-state index contributed by atoms with van der Waals surface area (Å²) in [5, 5.41) is 0. The van der Waals surface area contributed by atoms with Crippen LogP contribution < -0.4 is 9.47 Å². The number of halogens is 2. The lowest BCUT2D eigenvalue weighted by Crippen LogP contribution is -2.12. The average Bonchev–Trinajstić information content (AvgIpc) is 2.51. The van der Waals surface area contributed by atoms with Crippen molar-refractivity contribution >= 4 is 0 Å². The van der Waals surface area contributed by atoms with Crippen LogP contribution in [0.2, 0.25) is 0 Å². The highest BCUT2D eigenvalue weighted by atomic mass is 19.2.